The van der Waals surface area contributed by atoms with Crippen molar-refractivity contribution in [1.82, 2.24) is 49.9 Å². The van der Waals surface area contributed by atoms with Gasteiger partial charge in [0.15, 0.2) is 11.6 Å². The summed E-state index contributed by atoms with van der Waals surface area (Å²) in [4.78, 5) is 31.1. The van der Waals surface area contributed by atoms with Crippen molar-refractivity contribution in [2.75, 3.05) is 11.5 Å². The highest BCUT2D eigenvalue weighted by Crippen LogP contribution is 2.34. The Hall–Kier alpha value is -6.92. The summed E-state index contributed by atoms with van der Waals surface area (Å²) in [5, 5.41) is 48.3. The highest BCUT2D eigenvalue weighted by atomic mass is 32.2. The number of benzene rings is 4. The molecule has 0 saturated heterocycles. The minimum absolute atomic E-state index is 0.00245. The van der Waals surface area contributed by atoms with Crippen LogP contribution in [0, 0.1) is 20.2 Å². The van der Waals surface area contributed by atoms with Crippen LogP contribution in [0.1, 0.15) is 12.8 Å². The molecular formula is C38H30N12O4S2. The fourth-order valence-corrected chi connectivity index (χ4v) is 7.42. The Labute approximate surface area is 326 Å². The predicted molar refractivity (Wildman–Crippen MR) is 213 cm³/mol. The van der Waals surface area contributed by atoms with Crippen LogP contribution in [0.15, 0.2) is 132 Å². The third-order valence-electron chi connectivity index (χ3n) is 8.61. The van der Waals surface area contributed by atoms with Crippen LogP contribution in [-0.4, -0.2) is 71.3 Å². The van der Waals surface area contributed by atoms with Crippen molar-refractivity contribution in [2.45, 2.75) is 23.2 Å². The van der Waals surface area contributed by atoms with Gasteiger partial charge in [0.2, 0.25) is 10.3 Å². The molecule has 0 aliphatic carbocycles. The van der Waals surface area contributed by atoms with Gasteiger partial charge < -0.3 is 0 Å². The molecule has 4 aromatic carbocycles. The Balaban J connectivity index is 0.896. The van der Waals surface area contributed by atoms with Gasteiger partial charge in [0.1, 0.15) is 11.4 Å². The first-order valence-corrected chi connectivity index (χ1v) is 19.3. The number of unbranched alkanes of at least 4 members (excludes halogenated alkanes) is 1. The average molecular weight is 783 g/mol. The maximum absolute atomic E-state index is 11.2. The van der Waals surface area contributed by atoms with Gasteiger partial charge in [-0.1, -0.05) is 59.9 Å². The van der Waals surface area contributed by atoms with E-state index in [0.29, 0.717) is 44.5 Å². The van der Waals surface area contributed by atoms with Gasteiger partial charge in [0.25, 0.3) is 11.4 Å². The predicted octanol–water partition coefficient (Wildman–Crippen LogP) is 8.44. The second kappa shape index (κ2) is 16.2. The van der Waals surface area contributed by atoms with E-state index in [1.807, 2.05) is 73.1 Å². The zero-order chi connectivity index (χ0) is 38.4. The largest absolute Gasteiger partial charge is 0.269 e. The second-order valence-electron chi connectivity index (χ2n) is 12.3. The van der Waals surface area contributed by atoms with Crippen LogP contribution in [0.25, 0.3) is 56.7 Å². The van der Waals surface area contributed by atoms with E-state index in [9.17, 15) is 20.2 Å². The molecule has 0 atom stereocenters. The van der Waals surface area contributed by atoms with Crippen molar-refractivity contribution in [1.29, 1.82) is 0 Å². The molecule has 0 bridgehead atoms. The lowest BCUT2D eigenvalue weighted by molar-refractivity contribution is -0.385. The minimum Gasteiger partial charge on any atom is -0.258 e. The zero-order valence-electron chi connectivity index (χ0n) is 29.3. The molecule has 4 heterocycles. The third-order valence-corrected chi connectivity index (χ3v) is 10.5. The molecule has 0 saturated carbocycles. The maximum atomic E-state index is 11.2. The van der Waals surface area contributed by atoms with Gasteiger partial charge in [-0.3, -0.25) is 30.4 Å². The van der Waals surface area contributed by atoms with E-state index in [0.717, 1.165) is 46.8 Å². The number of aromatic amines is 2. The molecule has 0 radical (unpaired) electrons. The van der Waals surface area contributed by atoms with E-state index in [4.69, 9.17) is 20.2 Å². The molecule has 0 unspecified atom stereocenters. The Morgan fingerprint density at radius 3 is 1.32 bits per heavy atom. The van der Waals surface area contributed by atoms with Gasteiger partial charge in [-0.2, -0.15) is 10.2 Å². The van der Waals surface area contributed by atoms with E-state index in [1.54, 1.807) is 57.2 Å². The molecule has 0 fully saturated rings. The smallest absolute Gasteiger partial charge is 0.258 e. The first-order valence-electron chi connectivity index (χ1n) is 17.3. The molecule has 56 heavy (non-hydrogen) atoms. The van der Waals surface area contributed by atoms with Crippen molar-refractivity contribution in [2.24, 2.45) is 0 Å². The summed E-state index contributed by atoms with van der Waals surface area (Å²) in [6, 6.07) is 31.9. The summed E-state index contributed by atoms with van der Waals surface area (Å²) in [6.07, 6.45) is 5.57. The van der Waals surface area contributed by atoms with Crippen LogP contribution in [0.4, 0.5) is 11.4 Å². The van der Waals surface area contributed by atoms with E-state index < -0.39 is 9.85 Å². The Kier molecular flexibility index (Phi) is 10.4. The van der Waals surface area contributed by atoms with Crippen molar-refractivity contribution in [3.05, 3.63) is 142 Å². The minimum atomic E-state index is -0.428. The van der Waals surface area contributed by atoms with Crippen LogP contribution in [-0.2, 0) is 0 Å². The molecule has 8 aromatic rings. The van der Waals surface area contributed by atoms with Crippen LogP contribution >= 0.6 is 23.5 Å². The summed E-state index contributed by atoms with van der Waals surface area (Å²) in [7, 11) is 0. The number of nitrogens with zero attached hydrogens (tertiary/aromatic N) is 10. The summed E-state index contributed by atoms with van der Waals surface area (Å²) < 4.78 is 3.51. The second-order valence-corrected chi connectivity index (χ2v) is 14.4. The van der Waals surface area contributed by atoms with Crippen molar-refractivity contribution < 1.29 is 9.85 Å². The number of rotatable bonds is 15. The van der Waals surface area contributed by atoms with Crippen LogP contribution in [0.5, 0.6) is 0 Å². The van der Waals surface area contributed by atoms with Crippen molar-refractivity contribution >= 4 is 34.9 Å². The lowest BCUT2D eigenvalue weighted by atomic mass is 10.1. The van der Waals surface area contributed by atoms with Gasteiger partial charge in [0, 0.05) is 59.3 Å². The highest BCUT2D eigenvalue weighted by molar-refractivity contribution is 7.99. The quantitative estimate of drug-likeness (QED) is 0.0435. The van der Waals surface area contributed by atoms with Crippen molar-refractivity contribution in [3.63, 3.8) is 0 Å². The topological polar surface area (TPSA) is 205 Å². The molecule has 4 aromatic heterocycles. The summed E-state index contributed by atoms with van der Waals surface area (Å²) >= 11 is 3.09. The first-order chi connectivity index (χ1) is 27.4. The van der Waals surface area contributed by atoms with Gasteiger partial charge in [-0.05, 0) is 61.4 Å². The monoisotopic (exact) mass is 782 g/mol. The fourth-order valence-electron chi connectivity index (χ4n) is 5.82. The number of hydrogen-bond donors (Lipinski definition) is 2. The molecule has 16 nitrogen and oxygen atoms in total. The summed E-state index contributed by atoms with van der Waals surface area (Å²) in [5.74, 6) is 2.69. The van der Waals surface area contributed by atoms with E-state index in [-0.39, 0.29) is 11.4 Å². The Bertz CT molecular complexity index is 2420. The van der Waals surface area contributed by atoms with Crippen molar-refractivity contribution in [3.8, 4) is 56.7 Å². The molecular weight excluding hydrogens is 753 g/mol. The van der Waals surface area contributed by atoms with Crippen LogP contribution in [0.2, 0.25) is 0 Å². The number of nitro benzene ring substituents is 2. The highest BCUT2D eigenvalue weighted by Gasteiger charge is 2.20. The van der Waals surface area contributed by atoms with Gasteiger partial charge in [-0.15, -0.1) is 10.2 Å². The number of non-ortho nitro benzene ring substituents is 2. The van der Waals surface area contributed by atoms with E-state index >= 15 is 0 Å². The summed E-state index contributed by atoms with van der Waals surface area (Å²) in [6.45, 7) is 0. The first kappa shape index (κ1) is 36.1. The fraction of sp³-hybridized carbons (Fsp3) is 0.105. The third kappa shape index (κ3) is 7.96. The number of H-pyrrole nitrogens is 2. The molecule has 8 rings (SSSR count). The average Bonchev–Trinajstić information content (AvgIpc) is 4.06. The molecule has 18 heteroatoms. The van der Waals surface area contributed by atoms with Gasteiger partial charge in [-0.25, -0.2) is 19.3 Å². The number of hydrogen-bond acceptors (Lipinski definition) is 12. The standard InChI is InChI=1S/C38H30N12O4S2/c51-49(52)29-17-13-25(14-18-29)33-31(23-47(45-33)27-9-3-1-4-10-27)35-39-37(43-41-35)55-21-7-8-22-56-38-40-36(42-44-38)32-24-48(28-11-5-2-6-12-28)46-34(32)26-15-19-30(20-16-26)50(53)54/h1-6,9-20,23-24H,7-8,21-22H2,(H,39,41,43)(H,40,42,44). The van der Waals surface area contributed by atoms with Crippen LogP contribution in [0.3, 0.4) is 0 Å². The maximum Gasteiger partial charge on any atom is 0.269 e. The van der Waals surface area contributed by atoms with Crippen LogP contribution < -0.4 is 0 Å². The molecule has 2 N–H and O–H groups in total. The lowest BCUT2D eigenvalue weighted by Crippen LogP contribution is -1.94. The number of thioether (sulfide) groups is 2. The van der Waals surface area contributed by atoms with Gasteiger partial charge >= 0.3 is 0 Å². The number of para-hydroxylation sites is 2. The number of nitro groups is 2. The Morgan fingerprint density at radius 2 is 0.946 bits per heavy atom. The Morgan fingerprint density at radius 1 is 0.554 bits per heavy atom. The van der Waals surface area contributed by atoms with Gasteiger partial charge in [0.05, 0.1) is 32.3 Å². The molecule has 278 valence electrons. The SMILES string of the molecule is O=[N+]([O-])c1ccc(-c2nn(-c3ccccc3)cc2-c2nc(SCCCCSc3n[nH]c(-c4cn(-c5ccccc5)nc4-c4ccc([N+](=O)[O-])cc4)n3)n[nH]2)cc1. The number of nitrogens with one attached hydrogen (secondary N) is 2. The lowest BCUT2D eigenvalue weighted by Gasteiger charge is -2.01. The van der Waals surface area contributed by atoms with E-state index in [1.165, 1.54) is 24.3 Å². The molecule has 0 aliphatic rings. The molecule has 0 amide bonds. The van der Waals surface area contributed by atoms with E-state index in [2.05, 4.69) is 20.4 Å². The normalized spacial score (nSPS) is 11.2. The number of aromatic nitrogens is 10. The zero-order valence-corrected chi connectivity index (χ0v) is 30.9. The summed E-state index contributed by atoms with van der Waals surface area (Å²) in [5.41, 5.74) is 5.84. The molecule has 0 spiro atoms. The molecule has 0 aliphatic heterocycles.